The number of carboxylic acid groups (broad SMARTS) is 1. The summed E-state index contributed by atoms with van der Waals surface area (Å²) in [4.78, 5) is 24.9. The fourth-order valence-corrected chi connectivity index (χ4v) is 4.34. The lowest BCUT2D eigenvalue weighted by Gasteiger charge is -2.19. The average Bonchev–Trinajstić information content (AvgIpc) is 3.45. The number of halogens is 3. The standard InChI is InChI=1S/C17H20N4O2S.C2HF3O2/c22-17(12-3-4-19-20-7-12)18-6-13-11-23-16-10-21(9-15(13)16)8-14-2-1-5-24-14;3-2(4,5)1(6)7/h1-5,7,13,15-16H,6,8-11H2,(H,18,22);(H,6,7)/t13-,15-,16-;/m1./s1. The lowest BCUT2D eigenvalue weighted by Crippen LogP contribution is -2.34. The first-order chi connectivity index (χ1) is 14.7. The van der Waals surface area contributed by atoms with E-state index in [4.69, 9.17) is 14.6 Å². The van der Waals surface area contributed by atoms with Gasteiger partial charge in [0.2, 0.25) is 0 Å². The van der Waals surface area contributed by atoms with Crippen LogP contribution in [0.15, 0.2) is 36.0 Å². The molecule has 168 valence electrons. The first-order valence-corrected chi connectivity index (χ1v) is 10.3. The van der Waals surface area contributed by atoms with Crippen molar-refractivity contribution < 1.29 is 32.6 Å². The number of likely N-dealkylation sites (tertiary alicyclic amines) is 1. The summed E-state index contributed by atoms with van der Waals surface area (Å²) in [5.41, 5.74) is 0.547. The number of carbonyl (C=O) groups is 2. The van der Waals surface area contributed by atoms with E-state index in [2.05, 4.69) is 37.9 Å². The molecule has 2 fully saturated rings. The second kappa shape index (κ2) is 10.2. The molecule has 2 saturated heterocycles. The van der Waals surface area contributed by atoms with Crippen molar-refractivity contribution in [1.82, 2.24) is 20.4 Å². The third kappa shape index (κ3) is 6.45. The number of thiophene rings is 1. The predicted molar refractivity (Wildman–Crippen MR) is 104 cm³/mol. The van der Waals surface area contributed by atoms with Crippen molar-refractivity contribution in [3.63, 3.8) is 0 Å². The van der Waals surface area contributed by atoms with Gasteiger partial charge in [0.25, 0.3) is 5.91 Å². The highest BCUT2D eigenvalue weighted by Gasteiger charge is 2.43. The third-order valence-corrected chi connectivity index (χ3v) is 5.95. The zero-order chi connectivity index (χ0) is 22.4. The van der Waals surface area contributed by atoms with Gasteiger partial charge in [-0.15, -0.1) is 11.3 Å². The van der Waals surface area contributed by atoms with E-state index >= 15 is 0 Å². The number of carbonyl (C=O) groups excluding carboxylic acids is 1. The Hall–Kier alpha value is -2.57. The molecule has 0 saturated carbocycles. The number of rotatable bonds is 5. The maximum atomic E-state index is 12.1. The Balaban J connectivity index is 0.000000339. The molecular weight excluding hydrogens is 437 g/mol. The maximum Gasteiger partial charge on any atom is 0.490 e. The Kier molecular flexibility index (Phi) is 7.57. The molecule has 2 aliphatic heterocycles. The lowest BCUT2D eigenvalue weighted by atomic mass is 9.93. The number of fused-ring (bicyclic) bond motifs is 1. The minimum Gasteiger partial charge on any atom is -0.475 e. The molecule has 12 heteroatoms. The van der Waals surface area contributed by atoms with E-state index < -0.39 is 12.1 Å². The number of aliphatic carboxylic acids is 1. The largest absolute Gasteiger partial charge is 0.490 e. The quantitative estimate of drug-likeness (QED) is 0.707. The van der Waals surface area contributed by atoms with Gasteiger partial charge in [0.05, 0.1) is 30.7 Å². The van der Waals surface area contributed by atoms with Crippen LogP contribution in [0, 0.1) is 11.8 Å². The van der Waals surface area contributed by atoms with E-state index in [0.717, 1.165) is 26.2 Å². The lowest BCUT2D eigenvalue weighted by molar-refractivity contribution is -0.192. The van der Waals surface area contributed by atoms with E-state index in [9.17, 15) is 18.0 Å². The Bertz CT molecular complexity index is 867. The van der Waals surface area contributed by atoms with E-state index in [1.54, 1.807) is 17.4 Å². The zero-order valence-corrected chi connectivity index (χ0v) is 17.1. The van der Waals surface area contributed by atoms with Crippen molar-refractivity contribution >= 4 is 23.2 Å². The number of hydrogen-bond donors (Lipinski definition) is 2. The van der Waals surface area contributed by atoms with Crippen LogP contribution in [0.5, 0.6) is 0 Å². The number of hydrogen-bond acceptors (Lipinski definition) is 7. The van der Waals surface area contributed by atoms with Gasteiger partial charge in [0.15, 0.2) is 0 Å². The van der Waals surface area contributed by atoms with Gasteiger partial charge in [-0.05, 0) is 17.5 Å². The summed E-state index contributed by atoms with van der Waals surface area (Å²) >= 11 is 1.80. The van der Waals surface area contributed by atoms with Crippen LogP contribution in [-0.4, -0.2) is 70.6 Å². The fourth-order valence-electron chi connectivity index (χ4n) is 3.59. The highest BCUT2D eigenvalue weighted by Crippen LogP contribution is 2.34. The zero-order valence-electron chi connectivity index (χ0n) is 16.3. The normalized spacial score (nSPS) is 23.0. The van der Waals surface area contributed by atoms with Crippen molar-refractivity contribution in [3.8, 4) is 0 Å². The number of amides is 1. The van der Waals surface area contributed by atoms with Gasteiger partial charge in [-0.2, -0.15) is 23.4 Å². The van der Waals surface area contributed by atoms with Gasteiger partial charge in [-0.1, -0.05) is 6.07 Å². The Labute approximate surface area is 180 Å². The molecule has 3 atom stereocenters. The summed E-state index contributed by atoms with van der Waals surface area (Å²) in [7, 11) is 0. The summed E-state index contributed by atoms with van der Waals surface area (Å²) in [5.74, 6) is -1.97. The molecule has 0 aliphatic carbocycles. The van der Waals surface area contributed by atoms with Crippen molar-refractivity contribution in [2.45, 2.75) is 18.8 Å². The number of nitrogens with one attached hydrogen (secondary N) is 1. The predicted octanol–water partition coefficient (Wildman–Crippen LogP) is 2.05. The second-order valence-corrected chi connectivity index (χ2v) is 8.25. The van der Waals surface area contributed by atoms with Crippen LogP contribution in [0.4, 0.5) is 13.2 Å². The summed E-state index contributed by atoms with van der Waals surface area (Å²) in [6.07, 6.45) is -1.76. The first kappa shape index (κ1) is 23.1. The summed E-state index contributed by atoms with van der Waals surface area (Å²) < 4.78 is 37.7. The smallest absolute Gasteiger partial charge is 0.475 e. The molecule has 2 aliphatic rings. The van der Waals surface area contributed by atoms with Crippen molar-refractivity contribution in [2.75, 3.05) is 26.2 Å². The van der Waals surface area contributed by atoms with E-state index in [0.29, 0.717) is 30.0 Å². The molecule has 0 spiro atoms. The molecule has 0 unspecified atom stereocenters. The van der Waals surface area contributed by atoms with Crippen LogP contribution in [0.1, 0.15) is 15.2 Å². The molecule has 0 aromatic carbocycles. The summed E-state index contributed by atoms with van der Waals surface area (Å²) in [5, 5.41) is 19.7. The van der Waals surface area contributed by atoms with Gasteiger partial charge in [-0.25, -0.2) is 4.79 Å². The molecule has 4 rings (SSSR count). The van der Waals surface area contributed by atoms with E-state index in [-0.39, 0.29) is 5.91 Å². The molecule has 0 bridgehead atoms. The van der Waals surface area contributed by atoms with Gasteiger partial charge in [0.1, 0.15) is 0 Å². The third-order valence-electron chi connectivity index (χ3n) is 5.09. The molecule has 2 aromatic heterocycles. The molecule has 8 nitrogen and oxygen atoms in total. The van der Waals surface area contributed by atoms with Gasteiger partial charge in [0, 0.05) is 42.9 Å². The average molecular weight is 458 g/mol. The van der Waals surface area contributed by atoms with Crippen LogP contribution < -0.4 is 5.32 Å². The van der Waals surface area contributed by atoms with Crippen LogP contribution in [0.2, 0.25) is 0 Å². The van der Waals surface area contributed by atoms with Crippen molar-refractivity contribution in [2.24, 2.45) is 11.8 Å². The topological polar surface area (TPSA) is 105 Å². The molecule has 4 heterocycles. The first-order valence-electron chi connectivity index (χ1n) is 9.45. The van der Waals surface area contributed by atoms with Gasteiger partial charge < -0.3 is 15.2 Å². The van der Waals surface area contributed by atoms with Crippen LogP contribution in [0.3, 0.4) is 0 Å². The van der Waals surface area contributed by atoms with Crippen LogP contribution in [0.25, 0.3) is 0 Å². The SMILES string of the molecule is O=C(NC[C@@H]1CO[C@@H]2CN(Cc3cccs3)C[C@H]12)c1ccnnc1.O=C(O)C(F)(F)F. The number of nitrogens with zero attached hydrogens (tertiary/aromatic N) is 3. The highest BCUT2D eigenvalue weighted by molar-refractivity contribution is 7.09. The van der Waals surface area contributed by atoms with Crippen LogP contribution in [-0.2, 0) is 16.1 Å². The summed E-state index contributed by atoms with van der Waals surface area (Å²) in [6.45, 7) is 4.41. The summed E-state index contributed by atoms with van der Waals surface area (Å²) in [6, 6.07) is 5.95. The maximum absolute atomic E-state index is 12.1. The number of alkyl halides is 3. The van der Waals surface area contributed by atoms with Gasteiger partial charge >= 0.3 is 12.1 Å². The molecule has 2 N–H and O–H groups in total. The van der Waals surface area contributed by atoms with Crippen LogP contribution >= 0.6 is 11.3 Å². The molecule has 31 heavy (non-hydrogen) atoms. The van der Waals surface area contributed by atoms with E-state index in [1.807, 2.05) is 0 Å². The second-order valence-electron chi connectivity index (χ2n) is 7.21. The molecule has 2 aromatic rings. The van der Waals surface area contributed by atoms with Crippen molar-refractivity contribution in [1.29, 1.82) is 0 Å². The Morgan fingerprint density at radius 3 is 2.68 bits per heavy atom. The van der Waals surface area contributed by atoms with Crippen molar-refractivity contribution in [3.05, 3.63) is 46.4 Å². The van der Waals surface area contributed by atoms with Gasteiger partial charge in [-0.3, -0.25) is 9.69 Å². The number of ether oxygens (including phenoxy) is 1. The Morgan fingerprint density at radius 2 is 2.06 bits per heavy atom. The van der Waals surface area contributed by atoms with E-state index in [1.165, 1.54) is 17.3 Å². The number of aromatic nitrogens is 2. The fraction of sp³-hybridized carbons (Fsp3) is 0.474. The number of carboxylic acids is 1. The highest BCUT2D eigenvalue weighted by atomic mass is 32.1. The minimum atomic E-state index is -5.08. The minimum absolute atomic E-state index is 0.0956. The molecule has 1 amide bonds. The molecule has 0 radical (unpaired) electrons. The Morgan fingerprint density at radius 1 is 1.29 bits per heavy atom. The monoisotopic (exact) mass is 458 g/mol. The molecular formula is C19H21F3N4O4S.